The van der Waals surface area contributed by atoms with Gasteiger partial charge in [0.05, 0.1) is 12.8 Å². The number of pyridine rings is 3. The van der Waals surface area contributed by atoms with Crippen molar-refractivity contribution in [3.63, 3.8) is 0 Å². The van der Waals surface area contributed by atoms with Gasteiger partial charge in [-0.3, -0.25) is 43.8 Å². The molecule has 0 saturated heterocycles. The fourth-order valence-electron chi connectivity index (χ4n) is 26.4. The zero-order valence-corrected chi connectivity index (χ0v) is 74.5. The summed E-state index contributed by atoms with van der Waals surface area (Å²) in [5, 5.41) is 33.4. The number of esters is 2. The quantitative estimate of drug-likeness (QED) is 0.0218. The van der Waals surface area contributed by atoms with Gasteiger partial charge < -0.3 is 40.2 Å². The molecule has 125 heavy (non-hydrogen) atoms. The first-order valence-corrected chi connectivity index (χ1v) is 46.6. The fourth-order valence-corrected chi connectivity index (χ4v) is 26.4. The van der Waals surface area contributed by atoms with E-state index >= 15 is 0 Å². The molecular formula is C105H130N6O14. The van der Waals surface area contributed by atoms with E-state index in [2.05, 4.69) is 122 Å². The van der Waals surface area contributed by atoms with E-state index < -0.39 is 53.9 Å². The van der Waals surface area contributed by atoms with Crippen LogP contribution in [0.15, 0.2) is 187 Å². The maximum absolute atomic E-state index is 13.1. The molecule has 0 aliphatic heterocycles. The number of carboxylic acids is 3. The van der Waals surface area contributed by atoms with Gasteiger partial charge in [0, 0.05) is 82.3 Å². The van der Waals surface area contributed by atoms with Gasteiger partial charge in [0.1, 0.15) is 36.9 Å². The Bertz CT molecular complexity index is 4970. The van der Waals surface area contributed by atoms with E-state index in [0.29, 0.717) is 59.7 Å². The largest absolute Gasteiger partial charge is 0.480 e. The minimum Gasteiger partial charge on any atom is -0.480 e. The first-order valence-electron chi connectivity index (χ1n) is 46.6. The van der Waals surface area contributed by atoms with Crippen LogP contribution in [-0.2, 0) is 60.7 Å². The van der Waals surface area contributed by atoms with Crippen molar-refractivity contribution in [3.05, 3.63) is 215 Å². The first kappa shape index (κ1) is 89.7. The summed E-state index contributed by atoms with van der Waals surface area (Å²) in [6.07, 6.45) is 47.3. The summed E-state index contributed by atoms with van der Waals surface area (Å²) in [5.41, 5.74) is 15.3. The van der Waals surface area contributed by atoms with Gasteiger partial charge in [-0.05, 0) is 276 Å². The molecule has 0 radical (unpaired) electrons. The molecule has 2 aromatic carbocycles. The second kappa shape index (κ2) is 37.8. The summed E-state index contributed by atoms with van der Waals surface area (Å²) >= 11 is 0. The number of carbonyl (C=O) groups is 8. The van der Waals surface area contributed by atoms with Crippen LogP contribution in [0.2, 0.25) is 0 Å². The molecule has 20 atom stereocenters. The molecule has 3 amide bonds. The predicted octanol–water partition coefficient (Wildman–Crippen LogP) is 20.0. The lowest BCUT2D eigenvalue weighted by molar-refractivity contribution is -0.153. The Morgan fingerprint density at radius 3 is 1.13 bits per heavy atom. The third kappa shape index (κ3) is 19.0. The standard InChI is InChI=1S/C37H44N2O5.C34H46N2O5.C34H40N2O4/c1-36-18-16-27(44-34(41)15-14-33(40)39-32(35(42)43)21-24-7-4-3-5-8-24)22-26(36)10-11-28-30-13-12-29(25-9-6-20-38-23-25)37(30,2)19-17-31(28)36;1-21(2)18-29(32(39)40)36-30(37)11-12-31(38)41-24-13-15-33(3)23(19-24)7-8-25-27-10-9-26(22-6-5-17-35-20-22)34(27,4)16-14-28(25)33;1-33-16-14-26(40-32(39)36(22-31(37)38)21-23-7-4-3-5-8-23)19-25(33)10-11-27-29-13-12-28(24-9-6-18-35-20-24)34(29,2)17-15-30(27)33/h3-10,12,20,23,27-28,30-32H,11,13-19,21-22H2,1-2H3,(H,39,40)(H,42,43);5-7,9,17,20-21,24-25,27-29H,8,10-16,18-19H2,1-4H3,(H,36,37)(H,39,40);3-10,12,18,20,26-27,29-30H,11,13-17,19,21-22H2,1-2H3,(H,37,38)/t27-,28-,30-,31-,32-,36-,37+;24-,25-,27-,28-,29-,33-,34+;26-,27-,29-,30-,33-,34+/m000/s1. The van der Waals surface area contributed by atoms with Crippen LogP contribution in [0.3, 0.4) is 0 Å². The lowest BCUT2D eigenvalue weighted by atomic mass is 9.47. The number of aromatic nitrogens is 3. The van der Waals surface area contributed by atoms with Gasteiger partial charge in [0.25, 0.3) is 0 Å². The molecule has 3 aromatic heterocycles. The number of hydrogen-bond acceptors (Lipinski definition) is 14. The number of nitrogens with one attached hydrogen (secondary N) is 2. The van der Waals surface area contributed by atoms with Gasteiger partial charge in [0.15, 0.2) is 0 Å². The second-order valence-corrected chi connectivity index (χ2v) is 40.4. The molecule has 0 spiro atoms. The van der Waals surface area contributed by atoms with Crippen molar-refractivity contribution in [1.82, 2.24) is 30.5 Å². The highest BCUT2D eigenvalue weighted by molar-refractivity contribution is 5.87. The van der Waals surface area contributed by atoms with Gasteiger partial charge in [-0.2, -0.15) is 0 Å². The minimum atomic E-state index is -1.10. The Morgan fingerprint density at radius 2 is 0.776 bits per heavy atom. The summed E-state index contributed by atoms with van der Waals surface area (Å²) in [4.78, 5) is 112. The second-order valence-electron chi connectivity index (χ2n) is 40.4. The van der Waals surface area contributed by atoms with Crippen molar-refractivity contribution >= 4 is 64.5 Å². The van der Waals surface area contributed by atoms with Crippen LogP contribution >= 0.6 is 0 Å². The number of amides is 3. The Balaban J connectivity index is 0.000000145. The van der Waals surface area contributed by atoms with Crippen LogP contribution in [0.25, 0.3) is 16.7 Å². The molecule has 6 fully saturated rings. The van der Waals surface area contributed by atoms with Crippen molar-refractivity contribution in [1.29, 1.82) is 0 Å². The SMILES string of the molecule is CC(C)C[C@H](NC(=O)CCC(=O)O[C@H]1CC[C@@]2(C)C(=CC[C@@H]3[C@@H]2CC[C@]2(C)C(c4cccnc4)=CC[C@@H]32)C1)C(=O)O.C[C@]12CC[C@H](OC(=O)CCC(=O)N[C@@H](Cc3ccccc3)C(=O)O)CC1=CC[C@@H]1[C@@H]2CC[C@]2(C)C(c3cccnc3)=CC[C@@H]12.C[C@]12CC[C@H](OC(=O)N(CC(=O)O)Cc3ccccc3)CC1=CC[C@@H]1[C@@H]2CC[C@]2(C)C(c3cccnc3)=CC[C@@H]12. The van der Waals surface area contributed by atoms with Gasteiger partial charge in [-0.15, -0.1) is 0 Å². The van der Waals surface area contributed by atoms with Gasteiger partial charge >= 0.3 is 35.9 Å². The summed E-state index contributed by atoms with van der Waals surface area (Å²) in [5.74, 6) is 1.13. The number of carbonyl (C=O) groups excluding carboxylic acids is 5. The molecule has 20 heteroatoms. The normalized spacial score (nSPS) is 32.3. The number of hydrogen-bond donors (Lipinski definition) is 5. The Morgan fingerprint density at radius 1 is 0.416 bits per heavy atom. The Hall–Kier alpha value is -10.1. The molecule has 5 N–H and O–H groups in total. The molecule has 3 heterocycles. The van der Waals surface area contributed by atoms with Crippen molar-refractivity contribution in [2.75, 3.05) is 6.54 Å². The van der Waals surface area contributed by atoms with E-state index in [1.807, 2.05) is 130 Å². The molecule has 20 nitrogen and oxygen atoms in total. The topological polar surface area (TPSA) is 291 Å². The van der Waals surface area contributed by atoms with Crippen molar-refractivity contribution in [3.8, 4) is 0 Å². The number of carboxylic acid groups (broad SMARTS) is 3. The number of fused-ring (bicyclic) bond motifs is 15. The zero-order chi connectivity index (χ0) is 88.2. The maximum Gasteiger partial charge on any atom is 0.410 e. The smallest absolute Gasteiger partial charge is 0.410 e. The molecule has 5 aromatic rings. The van der Waals surface area contributed by atoms with Gasteiger partial charge in [0.2, 0.25) is 11.8 Å². The van der Waals surface area contributed by atoms with E-state index in [1.54, 1.807) is 0 Å². The Labute approximate surface area is 737 Å². The third-order valence-corrected chi connectivity index (χ3v) is 32.9. The van der Waals surface area contributed by atoms with Crippen LogP contribution in [0.5, 0.6) is 0 Å². The van der Waals surface area contributed by atoms with Gasteiger partial charge in [-0.1, -0.05) is 187 Å². The average molecular weight is 1700 g/mol. The number of aliphatic carboxylic acids is 3. The van der Waals surface area contributed by atoms with Crippen LogP contribution in [0, 0.1) is 91.7 Å². The summed E-state index contributed by atoms with van der Waals surface area (Å²) in [6.45, 7) is 18.4. The van der Waals surface area contributed by atoms with Crippen LogP contribution in [0.4, 0.5) is 4.79 Å². The number of benzene rings is 2. The number of rotatable bonds is 24. The first-order chi connectivity index (χ1) is 60.0. The Kier molecular flexibility index (Phi) is 27.1. The van der Waals surface area contributed by atoms with Crippen molar-refractivity contribution in [2.24, 2.45) is 91.7 Å². The number of nitrogens with zero attached hydrogens (tertiary/aromatic N) is 4. The average Bonchev–Trinajstić information content (AvgIpc) is 1.65. The molecular weight excluding hydrogens is 1570 g/mol. The van der Waals surface area contributed by atoms with Crippen LogP contribution in [0.1, 0.15) is 250 Å². The summed E-state index contributed by atoms with van der Waals surface area (Å²) in [6, 6.07) is 29.4. The maximum atomic E-state index is 13.1. The van der Waals surface area contributed by atoms with E-state index in [1.165, 1.54) is 93.6 Å². The van der Waals surface area contributed by atoms with Gasteiger partial charge in [-0.25, -0.2) is 14.4 Å². The van der Waals surface area contributed by atoms with Crippen LogP contribution < -0.4 is 10.6 Å². The fraction of sp³-hybridized carbons (Fsp3) is 0.552. The minimum absolute atomic E-state index is 0.0378. The zero-order valence-electron chi connectivity index (χ0n) is 74.5. The van der Waals surface area contributed by atoms with E-state index in [4.69, 9.17) is 14.2 Å². The monoisotopic (exact) mass is 1700 g/mol. The lowest BCUT2D eigenvalue weighted by Gasteiger charge is -2.57. The van der Waals surface area contributed by atoms with Crippen LogP contribution in [-0.4, -0.2) is 120 Å². The molecule has 664 valence electrons. The molecule has 17 rings (SSSR count). The number of allylic oxidation sites excluding steroid dienone is 9. The molecule has 12 aliphatic carbocycles. The number of ether oxygens (including phenoxy) is 3. The summed E-state index contributed by atoms with van der Waals surface area (Å²) < 4.78 is 17.7. The van der Waals surface area contributed by atoms with Crippen molar-refractivity contribution in [2.45, 2.75) is 266 Å². The van der Waals surface area contributed by atoms with E-state index in [0.717, 1.165) is 107 Å². The highest BCUT2D eigenvalue weighted by Gasteiger charge is 2.61. The molecule has 0 unspecified atom stereocenters. The van der Waals surface area contributed by atoms with E-state index in [9.17, 15) is 53.7 Å². The van der Waals surface area contributed by atoms with Crippen molar-refractivity contribution < 1.29 is 67.9 Å². The highest BCUT2D eigenvalue weighted by atomic mass is 16.6. The highest BCUT2D eigenvalue weighted by Crippen LogP contribution is 2.70. The molecule has 0 bridgehead atoms. The summed E-state index contributed by atoms with van der Waals surface area (Å²) in [7, 11) is 0. The van der Waals surface area contributed by atoms with E-state index in [-0.39, 0.29) is 108 Å². The molecule has 6 saturated carbocycles. The third-order valence-electron chi connectivity index (χ3n) is 32.9. The molecule has 12 aliphatic rings. The predicted molar refractivity (Wildman–Crippen MR) is 480 cm³/mol. The lowest BCUT2D eigenvalue weighted by Crippen LogP contribution is -2.50.